The van der Waals surface area contributed by atoms with E-state index in [4.69, 9.17) is 21.1 Å². The Morgan fingerprint density at radius 3 is 2.48 bits per heavy atom. The van der Waals surface area contributed by atoms with Crippen LogP contribution in [0.15, 0.2) is 42.5 Å². The van der Waals surface area contributed by atoms with Gasteiger partial charge in [-0.25, -0.2) is 9.18 Å². The highest BCUT2D eigenvalue weighted by Crippen LogP contribution is 2.24. The first-order valence-corrected chi connectivity index (χ1v) is 10.4. The van der Waals surface area contributed by atoms with Crippen LogP contribution in [0.2, 0.25) is 5.02 Å². The minimum atomic E-state index is -0.582. The predicted octanol–water partition coefficient (Wildman–Crippen LogP) is 3.77. The average molecular weight is 449 g/mol. The van der Waals surface area contributed by atoms with E-state index in [1.54, 1.807) is 29.2 Å². The van der Waals surface area contributed by atoms with Crippen LogP contribution in [0.1, 0.15) is 29.8 Å². The third-order valence-corrected chi connectivity index (χ3v) is 5.67. The second-order valence-corrected chi connectivity index (χ2v) is 8.16. The van der Waals surface area contributed by atoms with Crippen LogP contribution in [0.5, 0.6) is 5.75 Å². The summed E-state index contributed by atoms with van der Waals surface area (Å²) >= 11 is 5.96. The number of hydrogen-bond acceptors (Lipinski definition) is 5. The van der Waals surface area contributed by atoms with Gasteiger partial charge in [-0.3, -0.25) is 9.69 Å². The molecule has 1 heterocycles. The highest BCUT2D eigenvalue weighted by atomic mass is 35.5. The standard InChI is InChI=1S/C23H26ClFN2O4/c1-15-12-27(16(2)11-26(15)13-17-4-7-19(25)8-5-17)22(28)14-31-21-9-6-18(24)10-20(21)23(29)30-3/h4-10,15-16H,11-14H2,1-3H3/t15-,16+/m0/s1. The maximum atomic E-state index is 13.1. The van der Waals surface area contributed by atoms with Gasteiger partial charge >= 0.3 is 5.97 Å². The maximum Gasteiger partial charge on any atom is 0.341 e. The second-order valence-electron chi connectivity index (χ2n) is 7.72. The SMILES string of the molecule is COC(=O)c1cc(Cl)ccc1OCC(=O)N1C[C@H](C)N(Cc2ccc(F)cc2)C[C@H]1C. The van der Waals surface area contributed by atoms with Crippen LogP contribution in [0.4, 0.5) is 4.39 Å². The quantitative estimate of drug-likeness (QED) is 0.630. The van der Waals surface area contributed by atoms with E-state index < -0.39 is 5.97 Å². The summed E-state index contributed by atoms with van der Waals surface area (Å²) < 4.78 is 23.5. The Bertz CT molecular complexity index is 938. The molecule has 0 bridgehead atoms. The van der Waals surface area contributed by atoms with E-state index in [1.165, 1.54) is 25.3 Å². The molecule has 1 amide bonds. The molecule has 0 aliphatic carbocycles. The van der Waals surface area contributed by atoms with Crippen LogP contribution in [0.3, 0.4) is 0 Å². The summed E-state index contributed by atoms with van der Waals surface area (Å²) in [7, 11) is 1.27. The van der Waals surface area contributed by atoms with Gasteiger partial charge in [-0.15, -0.1) is 0 Å². The molecule has 0 saturated carbocycles. The Kier molecular flexibility index (Phi) is 7.51. The first-order valence-electron chi connectivity index (χ1n) is 10.1. The third kappa shape index (κ3) is 5.74. The topological polar surface area (TPSA) is 59.1 Å². The summed E-state index contributed by atoms with van der Waals surface area (Å²) in [5.41, 5.74) is 1.20. The fraction of sp³-hybridized carbons (Fsp3) is 0.391. The van der Waals surface area contributed by atoms with Gasteiger partial charge in [0.25, 0.3) is 5.91 Å². The van der Waals surface area contributed by atoms with Crippen molar-refractivity contribution in [2.75, 3.05) is 26.8 Å². The smallest absolute Gasteiger partial charge is 0.341 e. The van der Waals surface area contributed by atoms with Crippen molar-refractivity contribution in [2.45, 2.75) is 32.5 Å². The molecule has 8 heteroatoms. The summed E-state index contributed by atoms with van der Waals surface area (Å²) in [6.45, 7) is 5.79. The molecule has 0 N–H and O–H groups in total. The number of rotatable bonds is 6. The van der Waals surface area contributed by atoms with Gasteiger partial charge < -0.3 is 14.4 Å². The van der Waals surface area contributed by atoms with Gasteiger partial charge in [0, 0.05) is 36.7 Å². The van der Waals surface area contributed by atoms with Crippen LogP contribution in [0.25, 0.3) is 0 Å². The number of carbonyl (C=O) groups is 2. The highest BCUT2D eigenvalue weighted by Gasteiger charge is 2.32. The van der Waals surface area contributed by atoms with Crippen molar-refractivity contribution in [3.63, 3.8) is 0 Å². The van der Waals surface area contributed by atoms with Crippen LogP contribution >= 0.6 is 11.6 Å². The monoisotopic (exact) mass is 448 g/mol. The lowest BCUT2D eigenvalue weighted by Crippen LogP contribution is -2.58. The highest BCUT2D eigenvalue weighted by molar-refractivity contribution is 6.31. The number of esters is 1. The Morgan fingerprint density at radius 2 is 1.81 bits per heavy atom. The van der Waals surface area contributed by atoms with Crippen molar-refractivity contribution in [3.8, 4) is 5.75 Å². The van der Waals surface area contributed by atoms with E-state index in [2.05, 4.69) is 11.8 Å². The molecule has 166 valence electrons. The van der Waals surface area contributed by atoms with Crippen molar-refractivity contribution < 1.29 is 23.5 Å². The van der Waals surface area contributed by atoms with E-state index in [0.29, 0.717) is 24.7 Å². The molecule has 2 aromatic carbocycles. The Balaban J connectivity index is 1.61. The van der Waals surface area contributed by atoms with Crippen molar-refractivity contribution in [1.29, 1.82) is 0 Å². The number of benzene rings is 2. The molecule has 0 aromatic heterocycles. The number of carbonyl (C=O) groups excluding carboxylic acids is 2. The molecular formula is C23H26ClFN2O4. The van der Waals surface area contributed by atoms with Crippen molar-refractivity contribution in [2.24, 2.45) is 0 Å². The summed E-state index contributed by atoms with van der Waals surface area (Å²) in [4.78, 5) is 28.9. The van der Waals surface area contributed by atoms with Crippen molar-refractivity contribution in [1.82, 2.24) is 9.80 Å². The molecule has 2 aromatic rings. The number of hydrogen-bond donors (Lipinski definition) is 0. The normalized spacial score (nSPS) is 19.2. The molecule has 31 heavy (non-hydrogen) atoms. The first kappa shape index (κ1) is 23.0. The molecule has 1 saturated heterocycles. The molecule has 6 nitrogen and oxygen atoms in total. The lowest BCUT2D eigenvalue weighted by atomic mass is 10.1. The minimum Gasteiger partial charge on any atom is -0.483 e. The van der Waals surface area contributed by atoms with Gasteiger partial charge in [0.1, 0.15) is 17.1 Å². The van der Waals surface area contributed by atoms with Gasteiger partial charge in [-0.2, -0.15) is 0 Å². The largest absolute Gasteiger partial charge is 0.483 e. The van der Waals surface area contributed by atoms with Crippen LogP contribution < -0.4 is 4.74 Å². The van der Waals surface area contributed by atoms with E-state index in [-0.39, 0.29) is 41.7 Å². The molecular weight excluding hydrogens is 423 g/mol. The molecule has 1 aliphatic rings. The van der Waals surface area contributed by atoms with Gasteiger partial charge in [0.15, 0.2) is 6.61 Å². The first-order chi connectivity index (χ1) is 14.8. The number of amides is 1. The summed E-state index contributed by atoms with van der Waals surface area (Å²) in [6.07, 6.45) is 0. The molecule has 0 unspecified atom stereocenters. The van der Waals surface area contributed by atoms with Gasteiger partial charge in [-0.1, -0.05) is 23.7 Å². The number of ether oxygens (including phenoxy) is 2. The Morgan fingerprint density at radius 1 is 1.10 bits per heavy atom. The van der Waals surface area contributed by atoms with Crippen LogP contribution in [-0.4, -0.2) is 60.6 Å². The van der Waals surface area contributed by atoms with Crippen molar-refractivity contribution in [3.05, 3.63) is 64.4 Å². The molecule has 1 aliphatic heterocycles. The molecule has 2 atom stereocenters. The van der Waals surface area contributed by atoms with Gasteiger partial charge in [-0.05, 0) is 49.7 Å². The van der Waals surface area contributed by atoms with E-state index >= 15 is 0 Å². The fourth-order valence-corrected chi connectivity index (χ4v) is 3.88. The number of halogens is 2. The Labute approximate surface area is 186 Å². The van der Waals surface area contributed by atoms with Crippen molar-refractivity contribution >= 4 is 23.5 Å². The number of methoxy groups -OCH3 is 1. The van der Waals surface area contributed by atoms with Crippen LogP contribution in [-0.2, 0) is 16.1 Å². The molecule has 0 radical (unpaired) electrons. The minimum absolute atomic E-state index is 0.0157. The predicted molar refractivity (Wildman–Crippen MR) is 116 cm³/mol. The van der Waals surface area contributed by atoms with Gasteiger partial charge in [0.2, 0.25) is 0 Å². The Hall–Kier alpha value is -2.64. The van der Waals surface area contributed by atoms with E-state index in [0.717, 1.165) is 5.56 Å². The maximum absolute atomic E-state index is 13.1. The summed E-state index contributed by atoms with van der Waals surface area (Å²) in [6, 6.07) is 11.2. The summed E-state index contributed by atoms with van der Waals surface area (Å²) in [5, 5.41) is 0.374. The zero-order chi connectivity index (χ0) is 22.5. The third-order valence-electron chi connectivity index (χ3n) is 5.43. The van der Waals surface area contributed by atoms with E-state index in [1.807, 2.05) is 6.92 Å². The number of piperazine rings is 1. The summed E-state index contributed by atoms with van der Waals surface area (Å²) in [5.74, 6) is -0.746. The fourth-order valence-electron chi connectivity index (χ4n) is 3.71. The zero-order valence-electron chi connectivity index (χ0n) is 17.8. The molecule has 0 spiro atoms. The zero-order valence-corrected chi connectivity index (χ0v) is 18.6. The van der Waals surface area contributed by atoms with Crippen LogP contribution in [0, 0.1) is 5.82 Å². The molecule has 3 rings (SSSR count). The second kappa shape index (κ2) is 10.1. The molecule has 1 fully saturated rings. The average Bonchev–Trinajstić information content (AvgIpc) is 2.75. The van der Waals surface area contributed by atoms with E-state index in [9.17, 15) is 14.0 Å². The van der Waals surface area contributed by atoms with Gasteiger partial charge in [0.05, 0.1) is 7.11 Å². The lowest BCUT2D eigenvalue weighted by Gasteiger charge is -2.44. The lowest BCUT2D eigenvalue weighted by molar-refractivity contribution is -0.139. The number of nitrogens with zero attached hydrogens (tertiary/aromatic N) is 2.